The maximum absolute atomic E-state index is 13.6. The fourth-order valence-corrected chi connectivity index (χ4v) is 2.05. The topological polar surface area (TPSA) is 65.1 Å². The van der Waals surface area contributed by atoms with E-state index in [1.54, 1.807) is 6.20 Å². The molecule has 0 aliphatic rings. The minimum absolute atomic E-state index is 0.0260. The van der Waals surface area contributed by atoms with Gasteiger partial charge >= 0.3 is 0 Å². The van der Waals surface area contributed by atoms with E-state index in [0.29, 0.717) is 5.56 Å². The lowest BCUT2D eigenvalue weighted by Gasteiger charge is -2.06. The highest BCUT2D eigenvalue weighted by Crippen LogP contribution is 2.22. The highest BCUT2D eigenvalue weighted by molar-refractivity contribution is 6.12. The number of phenols is 1. The molecule has 0 atom stereocenters. The van der Waals surface area contributed by atoms with Gasteiger partial charge in [0.05, 0.1) is 11.3 Å². The number of halogens is 1. The molecule has 0 unspecified atom stereocenters. The molecular formula is C15H11FN2O2. The Morgan fingerprint density at radius 3 is 2.80 bits per heavy atom. The summed E-state index contributed by atoms with van der Waals surface area (Å²) in [5, 5.41) is 12.4. The molecule has 1 amide bonds. The van der Waals surface area contributed by atoms with E-state index in [4.69, 9.17) is 5.11 Å². The summed E-state index contributed by atoms with van der Waals surface area (Å²) in [7, 11) is 0. The highest BCUT2D eigenvalue weighted by atomic mass is 19.1. The van der Waals surface area contributed by atoms with Gasteiger partial charge in [-0.15, -0.1) is 0 Å². The van der Waals surface area contributed by atoms with Gasteiger partial charge in [-0.05, 0) is 18.2 Å². The highest BCUT2D eigenvalue weighted by Gasteiger charge is 2.13. The summed E-state index contributed by atoms with van der Waals surface area (Å²) in [4.78, 5) is 15.2. The third-order valence-electron chi connectivity index (χ3n) is 3.03. The molecule has 1 heterocycles. The molecule has 3 aromatic rings. The predicted molar refractivity (Wildman–Crippen MR) is 74.3 cm³/mol. The minimum Gasteiger partial charge on any atom is -0.508 e. The molecular weight excluding hydrogens is 259 g/mol. The first kappa shape index (κ1) is 12.2. The zero-order valence-electron chi connectivity index (χ0n) is 10.4. The smallest absolute Gasteiger partial charge is 0.257 e. The van der Waals surface area contributed by atoms with Crippen LogP contribution >= 0.6 is 0 Å². The van der Waals surface area contributed by atoms with Crippen molar-refractivity contribution in [2.45, 2.75) is 0 Å². The summed E-state index contributed by atoms with van der Waals surface area (Å²) in [6, 6.07) is 10.9. The van der Waals surface area contributed by atoms with Crippen LogP contribution in [0.3, 0.4) is 0 Å². The van der Waals surface area contributed by atoms with Crippen LogP contribution in [0.1, 0.15) is 10.4 Å². The van der Waals surface area contributed by atoms with E-state index in [2.05, 4.69) is 10.3 Å². The van der Waals surface area contributed by atoms with Crippen LogP contribution in [0.4, 0.5) is 10.1 Å². The first-order chi connectivity index (χ1) is 9.65. The lowest BCUT2D eigenvalue weighted by atomic mass is 10.1. The first-order valence-corrected chi connectivity index (χ1v) is 6.01. The van der Waals surface area contributed by atoms with E-state index in [9.17, 15) is 9.18 Å². The van der Waals surface area contributed by atoms with Crippen molar-refractivity contribution in [3.05, 3.63) is 60.0 Å². The molecule has 100 valence electrons. The number of aromatic nitrogens is 1. The number of H-pyrrole nitrogens is 1. The summed E-state index contributed by atoms with van der Waals surface area (Å²) >= 11 is 0. The number of aromatic amines is 1. The SMILES string of the molecule is O=C(Nc1ccc(O)cc1F)c1c[nH]c2ccccc12. The van der Waals surface area contributed by atoms with E-state index < -0.39 is 11.7 Å². The van der Waals surface area contributed by atoms with Crippen LogP contribution in [0.5, 0.6) is 5.75 Å². The van der Waals surface area contributed by atoms with Gasteiger partial charge in [-0.1, -0.05) is 18.2 Å². The molecule has 2 aromatic carbocycles. The number of para-hydroxylation sites is 1. The molecule has 5 heteroatoms. The number of aromatic hydroxyl groups is 1. The Kier molecular flexibility index (Phi) is 2.87. The second kappa shape index (κ2) is 4.70. The Hall–Kier alpha value is -2.82. The third kappa shape index (κ3) is 2.09. The number of anilines is 1. The fourth-order valence-electron chi connectivity index (χ4n) is 2.05. The number of rotatable bonds is 2. The maximum atomic E-state index is 13.6. The van der Waals surface area contributed by atoms with Gasteiger partial charge in [0.25, 0.3) is 5.91 Å². The van der Waals surface area contributed by atoms with E-state index >= 15 is 0 Å². The number of phenolic OH excluding ortho intramolecular Hbond substituents is 1. The average molecular weight is 270 g/mol. The molecule has 20 heavy (non-hydrogen) atoms. The molecule has 3 N–H and O–H groups in total. The number of fused-ring (bicyclic) bond motifs is 1. The van der Waals surface area contributed by atoms with Gasteiger partial charge in [-0.3, -0.25) is 4.79 Å². The van der Waals surface area contributed by atoms with Crippen LogP contribution in [0.15, 0.2) is 48.7 Å². The van der Waals surface area contributed by atoms with Crippen molar-refractivity contribution < 1.29 is 14.3 Å². The van der Waals surface area contributed by atoms with Gasteiger partial charge in [-0.2, -0.15) is 0 Å². The predicted octanol–water partition coefficient (Wildman–Crippen LogP) is 3.26. The van der Waals surface area contributed by atoms with E-state index in [1.807, 2.05) is 24.3 Å². The van der Waals surface area contributed by atoms with E-state index in [1.165, 1.54) is 12.1 Å². The number of hydrogen-bond donors (Lipinski definition) is 3. The summed E-state index contributed by atoms with van der Waals surface area (Å²) in [6.45, 7) is 0. The van der Waals surface area contributed by atoms with Crippen molar-refractivity contribution in [2.75, 3.05) is 5.32 Å². The molecule has 1 aromatic heterocycles. The quantitative estimate of drug-likeness (QED) is 0.626. The first-order valence-electron chi connectivity index (χ1n) is 6.01. The number of benzene rings is 2. The number of nitrogens with one attached hydrogen (secondary N) is 2. The zero-order chi connectivity index (χ0) is 14.1. The van der Waals surface area contributed by atoms with Gasteiger partial charge in [-0.25, -0.2) is 4.39 Å². The van der Waals surface area contributed by atoms with Crippen LogP contribution < -0.4 is 5.32 Å². The van der Waals surface area contributed by atoms with Crippen LogP contribution in [0.2, 0.25) is 0 Å². The summed E-state index contributed by atoms with van der Waals surface area (Å²) in [5.41, 5.74) is 1.30. The van der Waals surface area contributed by atoms with Gasteiger partial charge < -0.3 is 15.4 Å². The van der Waals surface area contributed by atoms with Crippen LogP contribution in [-0.2, 0) is 0 Å². The lowest BCUT2D eigenvalue weighted by Crippen LogP contribution is -2.12. The molecule has 0 fully saturated rings. The lowest BCUT2D eigenvalue weighted by molar-refractivity contribution is 0.102. The van der Waals surface area contributed by atoms with Crippen molar-refractivity contribution in [3.8, 4) is 5.75 Å². The second-order valence-corrected chi connectivity index (χ2v) is 4.37. The molecule has 0 bridgehead atoms. The van der Waals surface area contributed by atoms with Crippen molar-refractivity contribution in [1.29, 1.82) is 0 Å². The fraction of sp³-hybridized carbons (Fsp3) is 0. The molecule has 0 spiro atoms. The largest absolute Gasteiger partial charge is 0.508 e. The normalized spacial score (nSPS) is 10.7. The van der Waals surface area contributed by atoms with Gasteiger partial charge in [0.15, 0.2) is 0 Å². The number of carbonyl (C=O) groups excluding carboxylic acids is 1. The van der Waals surface area contributed by atoms with Gasteiger partial charge in [0.2, 0.25) is 0 Å². The van der Waals surface area contributed by atoms with E-state index in [-0.39, 0.29) is 11.4 Å². The molecule has 0 aliphatic carbocycles. The molecule has 0 radical (unpaired) electrons. The number of hydrogen-bond acceptors (Lipinski definition) is 2. The monoisotopic (exact) mass is 270 g/mol. The van der Waals surface area contributed by atoms with Crippen molar-refractivity contribution in [2.24, 2.45) is 0 Å². The van der Waals surface area contributed by atoms with Crippen molar-refractivity contribution >= 4 is 22.5 Å². The Bertz CT molecular complexity index is 795. The van der Waals surface area contributed by atoms with Crippen molar-refractivity contribution in [1.82, 2.24) is 4.98 Å². The number of carbonyl (C=O) groups is 1. The summed E-state index contributed by atoms with van der Waals surface area (Å²) < 4.78 is 13.6. The zero-order valence-corrected chi connectivity index (χ0v) is 10.4. The Morgan fingerprint density at radius 1 is 1.20 bits per heavy atom. The third-order valence-corrected chi connectivity index (χ3v) is 3.03. The molecule has 4 nitrogen and oxygen atoms in total. The van der Waals surface area contributed by atoms with Gasteiger partial charge in [0.1, 0.15) is 11.6 Å². The second-order valence-electron chi connectivity index (χ2n) is 4.37. The average Bonchev–Trinajstić information content (AvgIpc) is 2.86. The van der Waals surface area contributed by atoms with Crippen LogP contribution in [0, 0.1) is 5.82 Å². The minimum atomic E-state index is -0.682. The molecule has 0 aliphatic heterocycles. The Balaban J connectivity index is 1.93. The molecule has 3 rings (SSSR count). The maximum Gasteiger partial charge on any atom is 0.257 e. The Morgan fingerprint density at radius 2 is 2.00 bits per heavy atom. The van der Waals surface area contributed by atoms with E-state index in [0.717, 1.165) is 17.0 Å². The Labute approximate surface area is 113 Å². The standard InChI is InChI=1S/C15H11FN2O2/c16-12-7-9(19)5-6-14(12)18-15(20)11-8-17-13-4-2-1-3-10(11)13/h1-8,17,19H,(H,18,20). The van der Waals surface area contributed by atoms with Crippen LogP contribution in [-0.4, -0.2) is 16.0 Å². The van der Waals surface area contributed by atoms with Gasteiger partial charge in [0, 0.05) is 23.2 Å². The van der Waals surface area contributed by atoms with Crippen molar-refractivity contribution in [3.63, 3.8) is 0 Å². The molecule has 0 saturated heterocycles. The number of amides is 1. The summed E-state index contributed by atoms with van der Waals surface area (Å²) in [6.07, 6.45) is 1.58. The van der Waals surface area contributed by atoms with Crippen LogP contribution in [0.25, 0.3) is 10.9 Å². The molecule has 0 saturated carbocycles. The summed E-state index contributed by atoms with van der Waals surface area (Å²) in [5.74, 6) is -1.28.